The smallest absolute Gasteiger partial charge is 0.191 e. The number of hydrogen-bond donors (Lipinski definition) is 2. The third kappa shape index (κ3) is 5.47. The molecule has 134 valence electrons. The van der Waals surface area contributed by atoms with Crippen molar-refractivity contribution in [3.8, 4) is 0 Å². The fourth-order valence-corrected chi connectivity index (χ4v) is 3.25. The van der Waals surface area contributed by atoms with Crippen LogP contribution in [0.15, 0.2) is 21.8 Å². The highest BCUT2D eigenvalue weighted by molar-refractivity contribution is 14.0. The van der Waals surface area contributed by atoms with Gasteiger partial charge in [0.1, 0.15) is 0 Å². The van der Waals surface area contributed by atoms with Crippen LogP contribution in [0, 0.1) is 13.8 Å². The van der Waals surface area contributed by atoms with Crippen molar-refractivity contribution >= 4 is 41.3 Å². The van der Waals surface area contributed by atoms with Crippen LogP contribution < -0.4 is 10.6 Å². The lowest BCUT2D eigenvalue weighted by molar-refractivity contribution is 0.701. The molecule has 0 saturated heterocycles. The van der Waals surface area contributed by atoms with E-state index in [2.05, 4.69) is 53.3 Å². The zero-order valence-electron chi connectivity index (χ0n) is 15.1. The Morgan fingerprint density at radius 1 is 1.38 bits per heavy atom. The minimum Gasteiger partial charge on any atom is -0.357 e. The molecule has 0 radical (unpaired) electrons. The van der Waals surface area contributed by atoms with Crippen molar-refractivity contribution in [2.24, 2.45) is 12.0 Å². The Balaban J connectivity index is 0.00000288. The summed E-state index contributed by atoms with van der Waals surface area (Å²) < 4.78 is 1.92. The standard InChI is InChI=1S/C17H27N5S.HI/c1-6-18-17(19-9-12(2)15-7-8-23-11-15)20-10-16-13(3)21-22(5)14(16)4;/h7-8,11-12H,6,9-10H2,1-5H3,(H2,18,19,20);1H. The van der Waals surface area contributed by atoms with Crippen molar-refractivity contribution in [3.05, 3.63) is 39.3 Å². The van der Waals surface area contributed by atoms with Gasteiger partial charge in [-0.05, 0) is 49.1 Å². The van der Waals surface area contributed by atoms with E-state index in [1.807, 2.05) is 18.7 Å². The first-order valence-electron chi connectivity index (χ1n) is 8.06. The Kier molecular flexibility index (Phi) is 8.75. The number of guanidine groups is 1. The molecule has 0 fully saturated rings. The second-order valence-electron chi connectivity index (χ2n) is 5.81. The number of aromatic nitrogens is 2. The summed E-state index contributed by atoms with van der Waals surface area (Å²) in [6.07, 6.45) is 0. The van der Waals surface area contributed by atoms with Crippen LogP contribution in [-0.4, -0.2) is 28.8 Å². The van der Waals surface area contributed by atoms with Crippen LogP contribution in [-0.2, 0) is 13.6 Å². The topological polar surface area (TPSA) is 54.2 Å². The number of nitrogens with zero attached hydrogens (tertiary/aromatic N) is 3. The van der Waals surface area contributed by atoms with Crippen LogP contribution in [0.4, 0.5) is 0 Å². The van der Waals surface area contributed by atoms with Gasteiger partial charge in [-0.1, -0.05) is 6.92 Å². The molecule has 1 unspecified atom stereocenters. The summed E-state index contributed by atoms with van der Waals surface area (Å²) in [7, 11) is 1.97. The molecule has 0 bridgehead atoms. The molecule has 0 aliphatic rings. The molecule has 7 heteroatoms. The molecule has 2 aromatic rings. The molecular formula is C17H28IN5S. The highest BCUT2D eigenvalue weighted by atomic mass is 127. The summed E-state index contributed by atoms with van der Waals surface area (Å²) in [5.41, 5.74) is 4.80. The third-order valence-corrected chi connectivity index (χ3v) is 4.79. The van der Waals surface area contributed by atoms with Crippen molar-refractivity contribution in [1.29, 1.82) is 0 Å². The number of aliphatic imine (C=N–C) groups is 1. The van der Waals surface area contributed by atoms with Gasteiger partial charge >= 0.3 is 0 Å². The Morgan fingerprint density at radius 2 is 2.12 bits per heavy atom. The molecule has 0 spiro atoms. The average molecular weight is 461 g/mol. The number of halogens is 1. The number of rotatable bonds is 6. The fourth-order valence-electron chi connectivity index (χ4n) is 2.47. The Bertz CT molecular complexity index is 648. The van der Waals surface area contributed by atoms with Gasteiger partial charge in [-0.25, -0.2) is 4.99 Å². The monoisotopic (exact) mass is 461 g/mol. The molecule has 2 heterocycles. The molecule has 0 aliphatic carbocycles. The highest BCUT2D eigenvalue weighted by Crippen LogP contribution is 2.17. The Morgan fingerprint density at radius 3 is 2.67 bits per heavy atom. The molecule has 2 N–H and O–H groups in total. The van der Waals surface area contributed by atoms with Crippen molar-refractivity contribution in [2.75, 3.05) is 13.1 Å². The lowest BCUT2D eigenvalue weighted by atomic mass is 10.1. The molecule has 2 aromatic heterocycles. The molecule has 2 rings (SSSR count). The van der Waals surface area contributed by atoms with Crippen LogP contribution in [0.1, 0.15) is 42.3 Å². The Labute approximate surface area is 166 Å². The summed E-state index contributed by atoms with van der Waals surface area (Å²) in [6.45, 7) is 10.8. The zero-order valence-corrected chi connectivity index (χ0v) is 18.2. The predicted octanol–water partition coefficient (Wildman–Crippen LogP) is 3.58. The quantitative estimate of drug-likeness (QED) is 0.393. The van der Waals surface area contributed by atoms with E-state index in [-0.39, 0.29) is 24.0 Å². The van der Waals surface area contributed by atoms with Crippen molar-refractivity contribution in [1.82, 2.24) is 20.4 Å². The number of aryl methyl sites for hydroxylation is 2. The molecule has 0 amide bonds. The van der Waals surface area contributed by atoms with E-state index in [1.165, 1.54) is 16.8 Å². The van der Waals surface area contributed by atoms with E-state index in [4.69, 9.17) is 4.99 Å². The van der Waals surface area contributed by atoms with Gasteiger partial charge in [0.05, 0.1) is 12.2 Å². The highest BCUT2D eigenvalue weighted by Gasteiger charge is 2.10. The van der Waals surface area contributed by atoms with E-state index in [1.54, 1.807) is 11.3 Å². The SMILES string of the molecule is CCNC(=NCc1c(C)nn(C)c1C)NCC(C)c1ccsc1.I. The van der Waals surface area contributed by atoms with Crippen LogP contribution in [0.25, 0.3) is 0 Å². The summed E-state index contributed by atoms with van der Waals surface area (Å²) >= 11 is 1.74. The summed E-state index contributed by atoms with van der Waals surface area (Å²) in [4.78, 5) is 4.72. The van der Waals surface area contributed by atoms with Gasteiger partial charge < -0.3 is 10.6 Å². The normalized spacial score (nSPS) is 12.6. The number of thiophene rings is 1. The molecule has 0 aromatic carbocycles. The second-order valence-corrected chi connectivity index (χ2v) is 6.59. The van der Waals surface area contributed by atoms with Crippen molar-refractivity contribution < 1.29 is 0 Å². The van der Waals surface area contributed by atoms with Gasteiger partial charge in [-0.2, -0.15) is 16.4 Å². The van der Waals surface area contributed by atoms with Gasteiger partial charge in [0.15, 0.2) is 5.96 Å². The van der Waals surface area contributed by atoms with Gasteiger partial charge in [-0.15, -0.1) is 24.0 Å². The predicted molar refractivity (Wildman–Crippen MR) is 114 cm³/mol. The molecule has 24 heavy (non-hydrogen) atoms. The van der Waals surface area contributed by atoms with Gasteiger partial charge in [0, 0.05) is 31.4 Å². The van der Waals surface area contributed by atoms with Crippen LogP contribution in [0.3, 0.4) is 0 Å². The lowest BCUT2D eigenvalue weighted by Gasteiger charge is -2.15. The average Bonchev–Trinajstić information content (AvgIpc) is 3.13. The third-order valence-electron chi connectivity index (χ3n) is 4.09. The first-order valence-corrected chi connectivity index (χ1v) is 9.00. The maximum Gasteiger partial charge on any atom is 0.191 e. The first-order chi connectivity index (χ1) is 11.0. The van der Waals surface area contributed by atoms with E-state index in [9.17, 15) is 0 Å². The minimum atomic E-state index is 0. The second kappa shape index (κ2) is 10.0. The molecular weight excluding hydrogens is 433 g/mol. The Hall–Kier alpha value is -1.09. The summed E-state index contributed by atoms with van der Waals surface area (Å²) in [5, 5.41) is 15.5. The van der Waals surface area contributed by atoms with Gasteiger partial charge in [0.25, 0.3) is 0 Å². The van der Waals surface area contributed by atoms with E-state index in [0.717, 1.165) is 24.7 Å². The molecule has 1 atom stereocenters. The maximum absolute atomic E-state index is 4.72. The number of hydrogen-bond acceptors (Lipinski definition) is 3. The van der Waals surface area contributed by atoms with Crippen LogP contribution >= 0.6 is 35.3 Å². The van der Waals surface area contributed by atoms with Crippen molar-refractivity contribution in [3.63, 3.8) is 0 Å². The lowest BCUT2D eigenvalue weighted by Crippen LogP contribution is -2.39. The van der Waals surface area contributed by atoms with Crippen LogP contribution in [0.5, 0.6) is 0 Å². The molecule has 0 saturated carbocycles. The molecule has 0 aliphatic heterocycles. The largest absolute Gasteiger partial charge is 0.357 e. The van der Waals surface area contributed by atoms with Gasteiger partial charge in [-0.3, -0.25) is 4.68 Å². The maximum atomic E-state index is 4.72. The van der Waals surface area contributed by atoms with Crippen molar-refractivity contribution in [2.45, 2.75) is 40.2 Å². The molecule has 5 nitrogen and oxygen atoms in total. The van der Waals surface area contributed by atoms with E-state index < -0.39 is 0 Å². The summed E-state index contributed by atoms with van der Waals surface area (Å²) in [5.74, 6) is 1.32. The van der Waals surface area contributed by atoms with E-state index >= 15 is 0 Å². The first kappa shape index (κ1) is 21.0. The van der Waals surface area contributed by atoms with E-state index in [0.29, 0.717) is 12.5 Å². The summed E-state index contributed by atoms with van der Waals surface area (Å²) in [6, 6.07) is 2.18. The zero-order chi connectivity index (χ0) is 16.8. The fraction of sp³-hybridized carbons (Fsp3) is 0.529. The number of nitrogens with one attached hydrogen (secondary N) is 2. The van der Waals surface area contributed by atoms with Crippen LogP contribution in [0.2, 0.25) is 0 Å². The van der Waals surface area contributed by atoms with Gasteiger partial charge in [0.2, 0.25) is 0 Å². The minimum absolute atomic E-state index is 0.